The average molecular weight is 562 g/mol. The molecule has 11 heteroatoms. The first kappa shape index (κ1) is 27.2. The summed E-state index contributed by atoms with van der Waals surface area (Å²) < 4.78 is 37.7. The van der Waals surface area contributed by atoms with Gasteiger partial charge in [-0.15, -0.1) is 0 Å². The summed E-state index contributed by atoms with van der Waals surface area (Å²) in [5, 5.41) is 7.88. The van der Waals surface area contributed by atoms with Gasteiger partial charge in [0.1, 0.15) is 11.6 Å². The number of carbonyl (C=O) groups is 1. The Morgan fingerprint density at radius 2 is 1.95 bits per heavy atom. The second kappa shape index (κ2) is 11.1. The van der Waals surface area contributed by atoms with Crippen molar-refractivity contribution in [1.82, 2.24) is 24.5 Å². The number of carbonyl (C=O) groups excluding carboxylic acids is 1. The monoisotopic (exact) mass is 561 g/mol. The van der Waals surface area contributed by atoms with Crippen molar-refractivity contribution in [2.75, 3.05) is 19.0 Å². The zero-order valence-corrected chi connectivity index (χ0v) is 23.1. The summed E-state index contributed by atoms with van der Waals surface area (Å²) in [6, 6.07) is 7.73. The van der Waals surface area contributed by atoms with E-state index in [1.54, 1.807) is 42.7 Å². The maximum atomic E-state index is 15.3. The Balaban J connectivity index is 1.29. The predicted octanol–water partition coefficient (Wildman–Crippen LogP) is 4.79. The number of nitrogens with two attached hydrogens (primary N) is 1. The van der Waals surface area contributed by atoms with Crippen molar-refractivity contribution in [2.24, 2.45) is 11.7 Å². The minimum Gasteiger partial charge on any atom is -0.380 e. The number of ether oxygens (including phenoxy) is 1. The molecule has 214 valence electrons. The molecular weight excluding hydrogens is 528 g/mol. The molecule has 0 bridgehead atoms. The lowest BCUT2D eigenvalue weighted by Crippen LogP contribution is -2.45. The Morgan fingerprint density at radius 3 is 2.66 bits per heavy atom. The molecule has 0 radical (unpaired) electrons. The number of aromatic nitrogens is 4. The molecule has 2 aliphatic rings. The summed E-state index contributed by atoms with van der Waals surface area (Å²) >= 11 is 0. The van der Waals surface area contributed by atoms with Gasteiger partial charge in [-0.05, 0) is 72.6 Å². The fourth-order valence-corrected chi connectivity index (χ4v) is 6.37. The van der Waals surface area contributed by atoms with Gasteiger partial charge >= 0.3 is 0 Å². The van der Waals surface area contributed by atoms with Crippen LogP contribution in [0.4, 0.5) is 20.4 Å². The van der Waals surface area contributed by atoms with Crippen LogP contribution in [0.3, 0.4) is 0 Å². The normalized spacial score (nSPS) is 23.0. The first-order chi connectivity index (χ1) is 19.8. The summed E-state index contributed by atoms with van der Waals surface area (Å²) in [6.07, 6.45) is 8.06. The molecule has 0 spiro atoms. The Labute approximate surface area is 236 Å². The van der Waals surface area contributed by atoms with Crippen molar-refractivity contribution in [2.45, 2.75) is 57.2 Å². The van der Waals surface area contributed by atoms with Crippen LogP contribution in [-0.4, -0.2) is 56.2 Å². The highest BCUT2D eigenvalue weighted by atomic mass is 19.1. The molecule has 1 aliphatic carbocycles. The van der Waals surface area contributed by atoms with Crippen LogP contribution in [0.15, 0.2) is 48.9 Å². The van der Waals surface area contributed by atoms with E-state index >= 15 is 8.78 Å². The van der Waals surface area contributed by atoms with Crippen molar-refractivity contribution in [3.8, 4) is 11.3 Å². The van der Waals surface area contributed by atoms with Crippen molar-refractivity contribution in [1.29, 1.82) is 0 Å². The number of nitrogens with zero attached hydrogens (tertiary/aromatic N) is 5. The van der Waals surface area contributed by atoms with Crippen molar-refractivity contribution in [3.63, 3.8) is 0 Å². The smallest absolute Gasteiger partial charge is 0.229 e. The highest BCUT2D eigenvalue weighted by Crippen LogP contribution is 2.40. The maximum absolute atomic E-state index is 15.3. The fraction of sp³-hybridized carbons (Fsp3) is 0.400. The average Bonchev–Trinajstić information content (AvgIpc) is 3.53. The molecule has 4 heterocycles. The van der Waals surface area contributed by atoms with Crippen molar-refractivity contribution < 1.29 is 18.3 Å². The van der Waals surface area contributed by atoms with Gasteiger partial charge in [-0.2, -0.15) is 9.61 Å². The van der Waals surface area contributed by atoms with Gasteiger partial charge in [0.15, 0.2) is 0 Å². The number of fused-ring (bicyclic) bond motifs is 1. The number of hydrogen-bond donors (Lipinski definition) is 2. The Bertz CT molecular complexity index is 1560. The summed E-state index contributed by atoms with van der Waals surface area (Å²) in [5.74, 6) is -0.593. The molecule has 41 heavy (non-hydrogen) atoms. The van der Waals surface area contributed by atoms with E-state index in [0.29, 0.717) is 35.9 Å². The highest BCUT2D eigenvalue weighted by molar-refractivity contribution is 5.78. The second-order valence-corrected chi connectivity index (χ2v) is 11.1. The fourth-order valence-electron chi connectivity index (χ4n) is 6.37. The number of nitrogens with one attached hydrogen (secondary N) is 1. The third kappa shape index (κ3) is 5.27. The lowest BCUT2D eigenvalue weighted by Gasteiger charge is -2.38. The van der Waals surface area contributed by atoms with E-state index in [1.807, 2.05) is 6.07 Å². The van der Waals surface area contributed by atoms with Crippen LogP contribution in [0.1, 0.15) is 49.7 Å². The van der Waals surface area contributed by atoms with Crippen LogP contribution in [0, 0.1) is 17.6 Å². The minimum absolute atomic E-state index is 0.000985. The number of rotatable bonds is 7. The third-order valence-electron chi connectivity index (χ3n) is 8.30. The number of likely N-dealkylation sites (tertiary alicyclic amines) is 1. The molecule has 3 aromatic heterocycles. The van der Waals surface area contributed by atoms with E-state index in [0.717, 1.165) is 30.5 Å². The van der Waals surface area contributed by atoms with Crippen LogP contribution < -0.4 is 11.1 Å². The highest BCUT2D eigenvalue weighted by Gasteiger charge is 2.35. The number of halogens is 2. The Kier molecular flexibility index (Phi) is 7.39. The van der Waals surface area contributed by atoms with Gasteiger partial charge in [-0.1, -0.05) is 6.92 Å². The third-order valence-corrected chi connectivity index (χ3v) is 8.30. The van der Waals surface area contributed by atoms with Gasteiger partial charge in [-0.25, -0.2) is 13.8 Å². The van der Waals surface area contributed by atoms with Crippen molar-refractivity contribution in [3.05, 3.63) is 71.7 Å². The second-order valence-electron chi connectivity index (χ2n) is 11.1. The van der Waals surface area contributed by atoms with Gasteiger partial charge in [0.25, 0.3) is 0 Å². The number of hydrogen-bond acceptors (Lipinski definition) is 7. The lowest BCUT2D eigenvalue weighted by atomic mass is 9.74. The molecule has 1 aromatic carbocycles. The quantitative estimate of drug-likeness (QED) is 0.334. The van der Waals surface area contributed by atoms with E-state index in [2.05, 4.69) is 27.3 Å². The number of pyridine rings is 1. The molecule has 1 saturated heterocycles. The number of amides is 1. The van der Waals surface area contributed by atoms with E-state index in [1.165, 1.54) is 16.6 Å². The van der Waals surface area contributed by atoms with Crippen LogP contribution in [0.2, 0.25) is 0 Å². The van der Waals surface area contributed by atoms with E-state index in [-0.39, 0.29) is 41.8 Å². The van der Waals surface area contributed by atoms with E-state index in [4.69, 9.17) is 10.5 Å². The van der Waals surface area contributed by atoms with Crippen LogP contribution in [-0.2, 0) is 16.1 Å². The molecule has 2 fully saturated rings. The lowest BCUT2D eigenvalue weighted by molar-refractivity contribution is -0.128. The van der Waals surface area contributed by atoms with Gasteiger partial charge in [0, 0.05) is 38.9 Å². The molecule has 3 N–H and O–H groups in total. The molecule has 4 aromatic rings. The minimum atomic E-state index is -0.736. The van der Waals surface area contributed by atoms with Gasteiger partial charge in [0.05, 0.1) is 41.0 Å². The molecule has 9 nitrogen and oxygen atoms in total. The number of anilines is 2. The Hall–Kier alpha value is -3.96. The summed E-state index contributed by atoms with van der Waals surface area (Å²) in [4.78, 5) is 22.4. The zero-order valence-electron chi connectivity index (χ0n) is 23.1. The van der Waals surface area contributed by atoms with Crippen molar-refractivity contribution >= 4 is 23.1 Å². The first-order valence-electron chi connectivity index (χ1n) is 13.9. The largest absolute Gasteiger partial charge is 0.380 e. The SMILES string of the molecule is COC1C(C)CC(c2ccncc2Nc2ncc3ccc(-c4c(F)cc(CN5CCCC5=O)cc4F)nn23)CC1N. The Morgan fingerprint density at radius 1 is 1.15 bits per heavy atom. The summed E-state index contributed by atoms with van der Waals surface area (Å²) in [6.45, 7) is 2.93. The van der Waals surface area contributed by atoms with E-state index in [9.17, 15) is 4.79 Å². The predicted molar refractivity (Wildman–Crippen MR) is 150 cm³/mol. The summed E-state index contributed by atoms with van der Waals surface area (Å²) in [5.41, 5.74) is 9.24. The standard InChI is InChI=1S/C30H33F2N7O2/c1-17-10-19(13-24(33)29(17)41-2)21-7-8-34-15-26(21)36-30-35-14-20-5-6-25(37-39(20)30)28-22(31)11-18(12-23(28)32)16-38-9-3-4-27(38)40/h5-8,11-12,14-15,17,19,24,29H,3-4,9-10,13,16,33H2,1-2H3,(H,35,36). The zero-order chi connectivity index (χ0) is 28.7. The number of benzene rings is 1. The maximum Gasteiger partial charge on any atom is 0.229 e. The van der Waals surface area contributed by atoms with Crippen LogP contribution >= 0.6 is 0 Å². The molecule has 4 atom stereocenters. The van der Waals surface area contributed by atoms with Gasteiger partial charge in [0.2, 0.25) is 11.9 Å². The number of imidazole rings is 1. The molecule has 1 amide bonds. The molecule has 4 unspecified atom stereocenters. The number of methoxy groups -OCH3 is 1. The van der Waals surface area contributed by atoms with E-state index < -0.39 is 11.6 Å². The molecule has 1 aliphatic heterocycles. The van der Waals surface area contributed by atoms with Crippen LogP contribution in [0.25, 0.3) is 16.8 Å². The molecular formula is C30H33F2N7O2. The summed E-state index contributed by atoms with van der Waals surface area (Å²) in [7, 11) is 1.70. The molecule has 1 saturated carbocycles. The first-order valence-corrected chi connectivity index (χ1v) is 13.9. The van der Waals surface area contributed by atoms with Gasteiger partial charge < -0.3 is 20.7 Å². The topological polar surface area (TPSA) is 111 Å². The molecule has 6 rings (SSSR count). The van der Waals surface area contributed by atoms with Gasteiger partial charge in [-0.3, -0.25) is 9.78 Å². The van der Waals surface area contributed by atoms with Crippen LogP contribution in [0.5, 0.6) is 0 Å².